The predicted molar refractivity (Wildman–Crippen MR) is 573 cm³/mol. The van der Waals surface area contributed by atoms with E-state index in [1.807, 2.05) is 0 Å². The van der Waals surface area contributed by atoms with Crippen molar-refractivity contribution in [1.82, 2.24) is 30.7 Å². The van der Waals surface area contributed by atoms with Crippen molar-refractivity contribution in [3.05, 3.63) is 0 Å². The van der Waals surface area contributed by atoms with Gasteiger partial charge in [0.2, 0.25) is 35.4 Å². The molecule has 0 radical (unpaired) electrons. The quantitative estimate of drug-likeness (QED) is 0.0353. The Kier molecular flexibility index (Phi) is 122. The van der Waals surface area contributed by atoms with Gasteiger partial charge in [-0.05, 0) is 92.9 Å². The molecule has 0 heterocycles. The van der Waals surface area contributed by atoms with Gasteiger partial charge in [-0.1, -0.05) is 235 Å². The highest BCUT2D eigenvalue weighted by Gasteiger charge is 2.19. The van der Waals surface area contributed by atoms with Crippen LogP contribution >= 0.6 is 0 Å². The molecule has 34 nitrogen and oxygen atoms in total. The molecule has 0 bridgehead atoms. The smallest absolute Gasteiger partial charge is 0.303 e. The van der Waals surface area contributed by atoms with Crippen molar-refractivity contribution in [3.63, 3.8) is 0 Å². The number of nitrogens with zero attached hydrogens (tertiary/aromatic N) is 3. The standard InChI is InChI=1S/C38H70N2O10.C38H72N2O8.C32H58N2O10.3CH4/c1-34(41)21-26-47-30-32-49-28-24-40(25-29-50-33-31-48-27-22-35(2)42)37(44)19-17-23-39-36(43)18-15-13-11-9-7-5-3-4-6-8-10-12-14-16-20-38(45)46;1-4-5-6-7-8-9-10-11-12-13-14-15-16-17-18-20-37(43)39-24-19-21-38(44)40(25-29-47-33-31-45-27-22-35(2)41)26-30-48-34-32-46-28-23-36(3)42;1-28(35)15-20-41-24-26-43-22-18-34(19-23-44-27-25-42-21-16-29(2)36)31(38)13-11-17-33-30(37)12-9-7-5-3-4-6-8-10-14-32(39)40;;;/h3-33H2,1-2H3,(H,39,43)(H,45,46);4-34H2,1-3H3,(H,39,43);3-27H2,1-2H3,(H,33,37)(H,39,40);3*1H4. The zero-order valence-electron chi connectivity index (χ0n) is 89.9. The third kappa shape index (κ3) is 126. The second-order valence-corrected chi connectivity index (χ2v) is 36.8. The summed E-state index contributed by atoms with van der Waals surface area (Å²) < 4.78 is 65.9. The number of carbonyl (C=O) groups excluding carboxylic acids is 12. The fourth-order valence-electron chi connectivity index (χ4n) is 14.5. The molecule has 0 rings (SSSR count). The molecule has 854 valence electrons. The van der Waals surface area contributed by atoms with Crippen molar-refractivity contribution in [2.75, 3.05) is 217 Å². The number of Topliss-reactive ketones (excluding diaryl/α,β-unsaturated/α-hetero) is 6. The SMILES string of the molecule is C.C.C.CC(=O)CCOCCOCCN(CCOCCOCCC(C)=O)C(=O)CCCNC(=O)CCCCCCCCCCC(=O)O.CC(=O)CCOCCOCCN(CCOCCOCCC(C)=O)C(=O)CCCNC(=O)CCCCCCCCCCCCCCCCC(=O)O.CCCCCCCCCCCCCCCCCC(=O)NCCCC(=O)N(CCOCCOCCC(C)=O)CCOCCOCCC(C)=O. The molecule has 0 aromatic heterocycles. The van der Waals surface area contributed by atoms with Gasteiger partial charge in [0, 0.05) is 149 Å². The molecule has 5 N–H and O–H groups in total. The molecule has 34 heteroatoms. The van der Waals surface area contributed by atoms with E-state index in [-0.39, 0.29) is 98.8 Å². The molecule has 0 aliphatic carbocycles. The lowest BCUT2D eigenvalue weighted by atomic mass is 10.0. The van der Waals surface area contributed by atoms with Crippen molar-refractivity contribution in [2.45, 2.75) is 417 Å². The van der Waals surface area contributed by atoms with Gasteiger partial charge in [0.1, 0.15) is 34.7 Å². The van der Waals surface area contributed by atoms with Gasteiger partial charge in [0.25, 0.3) is 0 Å². The molecule has 0 aromatic carbocycles. The van der Waals surface area contributed by atoms with Gasteiger partial charge in [-0.15, -0.1) is 0 Å². The maximum atomic E-state index is 12.9. The number of ketones is 6. The van der Waals surface area contributed by atoms with E-state index in [2.05, 4.69) is 22.9 Å². The Morgan fingerprint density at radius 2 is 0.324 bits per heavy atom. The van der Waals surface area contributed by atoms with E-state index in [1.54, 1.807) is 14.7 Å². The fourth-order valence-corrected chi connectivity index (χ4v) is 14.5. The molecule has 0 fully saturated rings. The molecule has 0 unspecified atom stereocenters. The molecule has 145 heavy (non-hydrogen) atoms. The van der Waals surface area contributed by atoms with Gasteiger partial charge in [-0.25, -0.2) is 0 Å². The lowest BCUT2D eigenvalue weighted by Crippen LogP contribution is -2.37. The number of nitrogens with one attached hydrogen (secondary N) is 3. The summed E-state index contributed by atoms with van der Waals surface area (Å²) in [5.74, 6) is -0.882. The first kappa shape index (κ1) is 149. The van der Waals surface area contributed by atoms with Crippen molar-refractivity contribution in [2.24, 2.45) is 0 Å². The van der Waals surface area contributed by atoms with Gasteiger partial charge in [0.05, 0.1) is 159 Å². The van der Waals surface area contributed by atoms with Crippen molar-refractivity contribution < 1.29 is 134 Å². The van der Waals surface area contributed by atoms with Gasteiger partial charge < -0.3 is 97.7 Å². The molecule has 6 amide bonds. The van der Waals surface area contributed by atoms with Crippen LogP contribution in [0.2, 0.25) is 0 Å². The summed E-state index contributed by atoms with van der Waals surface area (Å²) in [6.07, 6.45) is 50.5. The molecular weight excluding hydrogens is 1870 g/mol. The maximum Gasteiger partial charge on any atom is 0.303 e. The van der Waals surface area contributed by atoms with Crippen molar-refractivity contribution in [1.29, 1.82) is 0 Å². The Morgan fingerprint density at radius 3 is 0.476 bits per heavy atom. The van der Waals surface area contributed by atoms with E-state index in [4.69, 9.17) is 67.1 Å². The monoisotopic (exact) mass is 2080 g/mol. The van der Waals surface area contributed by atoms with Crippen LogP contribution < -0.4 is 16.0 Å². The number of unbranched alkanes of at least 4 members (excludes halogenated alkanes) is 34. The molecule has 0 saturated heterocycles. The van der Waals surface area contributed by atoms with Crippen LogP contribution in [0.5, 0.6) is 0 Å². The highest BCUT2D eigenvalue weighted by atomic mass is 16.5. The molecule has 0 aromatic rings. The number of carboxylic acids is 2. The first-order valence-corrected chi connectivity index (χ1v) is 54.8. The Bertz CT molecular complexity index is 2960. The lowest BCUT2D eigenvalue weighted by Gasteiger charge is -2.23. The highest BCUT2D eigenvalue weighted by molar-refractivity contribution is 5.80. The average molecular weight is 2080 g/mol. The number of carboxylic acid groups (broad SMARTS) is 2. The summed E-state index contributed by atoms with van der Waals surface area (Å²) in [6.45, 7) is 24.3. The third-order valence-electron chi connectivity index (χ3n) is 23.2. The van der Waals surface area contributed by atoms with Crippen LogP contribution in [-0.4, -0.2) is 324 Å². The summed E-state index contributed by atoms with van der Waals surface area (Å²) in [4.78, 5) is 167. The van der Waals surface area contributed by atoms with Gasteiger partial charge in [0.15, 0.2) is 0 Å². The minimum atomic E-state index is -0.734. The summed E-state index contributed by atoms with van der Waals surface area (Å²) >= 11 is 0. The highest BCUT2D eigenvalue weighted by Crippen LogP contribution is 2.18. The second kappa shape index (κ2) is 119. The number of rotatable bonds is 110. The first-order chi connectivity index (χ1) is 68.8. The lowest BCUT2D eigenvalue weighted by molar-refractivity contribution is -0.138. The van der Waals surface area contributed by atoms with E-state index >= 15 is 0 Å². The molecule has 0 aliphatic rings. The largest absolute Gasteiger partial charge is 0.481 e. The average Bonchev–Trinajstić information content (AvgIpc) is 0.944. The van der Waals surface area contributed by atoms with Crippen LogP contribution in [0.15, 0.2) is 0 Å². The molecule has 0 saturated carbocycles. The number of aliphatic carboxylic acids is 2. The van der Waals surface area contributed by atoms with Crippen LogP contribution in [0.3, 0.4) is 0 Å². The molecular formula is C111H212N6O28. The number of hydrogen-bond donors (Lipinski definition) is 5. The van der Waals surface area contributed by atoms with Crippen molar-refractivity contribution in [3.8, 4) is 0 Å². The topological polar surface area (TPSA) is 436 Å². The van der Waals surface area contributed by atoms with E-state index in [0.29, 0.717) is 320 Å². The van der Waals surface area contributed by atoms with Gasteiger partial charge in [-0.3, -0.25) is 67.1 Å². The Balaban J connectivity index is -0.000000496. The van der Waals surface area contributed by atoms with Crippen LogP contribution in [0.25, 0.3) is 0 Å². The number of carbonyl (C=O) groups is 14. The molecule has 0 aliphatic heterocycles. The minimum absolute atomic E-state index is 0. The summed E-state index contributed by atoms with van der Waals surface area (Å²) in [6, 6.07) is 0. The number of amides is 6. The summed E-state index contributed by atoms with van der Waals surface area (Å²) in [5.41, 5.74) is 0. The van der Waals surface area contributed by atoms with Crippen LogP contribution in [0.1, 0.15) is 417 Å². The van der Waals surface area contributed by atoms with Gasteiger partial charge in [-0.2, -0.15) is 0 Å². The number of ether oxygens (including phenoxy) is 12. The number of hydrogen-bond acceptors (Lipinski definition) is 26. The van der Waals surface area contributed by atoms with Crippen LogP contribution in [0.4, 0.5) is 0 Å². The molecule has 0 spiro atoms. The van der Waals surface area contributed by atoms with E-state index in [1.165, 1.54) is 176 Å². The van der Waals surface area contributed by atoms with Crippen LogP contribution in [-0.2, 0) is 124 Å². The van der Waals surface area contributed by atoms with Gasteiger partial charge >= 0.3 is 11.9 Å². The van der Waals surface area contributed by atoms with Crippen molar-refractivity contribution >= 4 is 82.1 Å². The minimum Gasteiger partial charge on any atom is -0.481 e. The summed E-state index contributed by atoms with van der Waals surface area (Å²) in [7, 11) is 0. The zero-order valence-corrected chi connectivity index (χ0v) is 89.9. The molecule has 0 atom stereocenters. The summed E-state index contributed by atoms with van der Waals surface area (Å²) in [5, 5.41) is 26.1. The predicted octanol–water partition coefficient (Wildman–Crippen LogP) is 18.7. The Labute approximate surface area is 877 Å². The second-order valence-electron chi connectivity index (χ2n) is 36.8. The van der Waals surface area contributed by atoms with E-state index in [0.717, 1.165) is 103 Å². The maximum absolute atomic E-state index is 12.9. The van der Waals surface area contributed by atoms with E-state index in [9.17, 15) is 67.1 Å². The zero-order chi connectivity index (χ0) is 105. The first-order valence-electron chi connectivity index (χ1n) is 54.8. The normalized spacial score (nSPS) is 10.8. The van der Waals surface area contributed by atoms with Crippen LogP contribution in [0, 0.1) is 0 Å². The Hall–Kier alpha value is -6.70. The van der Waals surface area contributed by atoms with E-state index < -0.39 is 11.9 Å². The fraction of sp³-hybridized carbons (Fsp3) is 0.874. The third-order valence-corrected chi connectivity index (χ3v) is 23.2. The Morgan fingerprint density at radius 1 is 0.179 bits per heavy atom.